The molecular weight excluding hydrogens is 655 g/mol. The molecule has 2 heterocycles. The van der Waals surface area contributed by atoms with Crippen LogP contribution in [0.2, 0.25) is 0 Å². The summed E-state index contributed by atoms with van der Waals surface area (Å²) in [6, 6.07) is 36.0. The lowest BCUT2D eigenvalue weighted by molar-refractivity contribution is 0.0719. The predicted molar refractivity (Wildman–Crippen MR) is 215 cm³/mol. The van der Waals surface area contributed by atoms with Crippen molar-refractivity contribution in [1.82, 2.24) is 19.4 Å². The number of amides is 1. The molecule has 4 aromatic carbocycles. The number of piperidine rings is 1. The molecule has 1 aliphatic heterocycles. The molecule has 53 heavy (non-hydrogen) atoms. The summed E-state index contributed by atoms with van der Waals surface area (Å²) < 4.78 is 2.45. The second-order valence-corrected chi connectivity index (χ2v) is 15.4. The molecule has 1 aliphatic carbocycles. The Hall–Kier alpha value is -4.79. The van der Waals surface area contributed by atoms with Gasteiger partial charge in [0.2, 0.25) is 0 Å². The van der Waals surface area contributed by atoms with Crippen molar-refractivity contribution in [3.63, 3.8) is 0 Å². The molecule has 0 radical (unpaired) electrons. The van der Waals surface area contributed by atoms with Crippen LogP contribution in [0.25, 0.3) is 11.0 Å². The fourth-order valence-electron chi connectivity index (χ4n) is 8.70. The van der Waals surface area contributed by atoms with Crippen molar-refractivity contribution < 1.29 is 4.79 Å². The lowest BCUT2D eigenvalue weighted by Gasteiger charge is -2.43. The Morgan fingerprint density at radius 2 is 1.51 bits per heavy atom. The largest absolute Gasteiger partial charge is 0.384 e. The highest BCUT2D eigenvalue weighted by Crippen LogP contribution is 2.39. The summed E-state index contributed by atoms with van der Waals surface area (Å²) in [4.78, 5) is 23.9. The highest BCUT2D eigenvalue weighted by molar-refractivity contribution is 5.97. The van der Waals surface area contributed by atoms with Crippen LogP contribution in [0.1, 0.15) is 83.4 Å². The lowest BCUT2D eigenvalue weighted by atomic mass is 9.72. The standard InChI is InChI=1S/C45H55N7O/c46-26-29-51(32-36-12-6-2-7-13-36)44(53)38-21-22-41-40(30-38)49-42(23-18-34-16-19-37(20-17-34)43(47)48)52(41)33-45(39-14-8-3-9-15-39)24-27-50(28-25-45)31-35-10-4-1-5-11-35/h1,3-5,8-11,14-17,19-22,30,36H,2,6-7,12-13,18,23-29,31-33,46H2,(H3,47,48). The van der Waals surface area contributed by atoms with Gasteiger partial charge in [-0.05, 0) is 86.0 Å². The highest BCUT2D eigenvalue weighted by atomic mass is 16.2. The number of aromatic nitrogens is 2. The van der Waals surface area contributed by atoms with Crippen molar-refractivity contribution in [3.05, 3.63) is 137 Å². The number of aryl methyl sites for hydroxylation is 2. The Bertz CT molecular complexity index is 1960. The number of nitrogens with one attached hydrogen (secondary N) is 1. The third kappa shape index (κ3) is 8.72. The first-order valence-corrected chi connectivity index (χ1v) is 19.6. The molecule has 5 N–H and O–H groups in total. The maximum Gasteiger partial charge on any atom is 0.253 e. The van der Waals surface area contributed by atoms with Crippen LogP contribution in [0.5, 0.6) is 0 Å². The number of likely N-dealkylation sites (tertiary alicyclic amines) is 1. The van der Waals surface area contributed by atoms with E-state index in [1.165, 1.54) is 48.8 Å². The van der Waals surface area contributed by atoms with Gasteiger partial charge in [0.15, 0.2) is 0 Å². The van der Waals surface area contributed by atoms with Crippen LogP contribution in [-0.2, 0) is 31.3 Å². The Morgan fingerprint density at radius 3 is 2.19 bits per heavy atom. The number of benzene rings is 4. The fraction of sp³-hybridized carbons (Fsp3) is 0.400. The number of carbonyl (C=O) groups is 1. The number of hydrogen-bond donors (Lipinski definition) is 3. The van der Waals surface area contributed by atoms with Crippen LogP contribution in [0.4, 0.5) is 0 Å². The monoisotopic (exact) mass is 709 g/mol. The number of carbonyl (C=O) groups excluding carboxylic acids is 1. The summed E-state index contributed by atoms with van der Waals surface area (Å²) in [6.07, 6.45) is 9.81. The van der Waals surface area contributed by atoms with Crippen LogP contribution in [0.15, 0.2) is 103 Å². The normalized spacial score (nSPS) is 16.5. The van der Waals surface area contributed by atoms with Gasteiger partial charge in [0.05, 0.1) is 11.0 Å². The molecule has 7 rings (SSSR count). The molecule has 5 aromatic rings. The smallest absolute Gasteiger partial charge is 0.253 e. The van der Waals surface area contributed by atoms with Gasteiger partial charge in [-0.3, -0.25) is 15.1 Å². The third-order valence-electron chi connectivity index (χ3n) is 11.8. The van der Waals surface area contributed by atoms with Gasteiger partial charge in [0.25, 0.3) is 5.91 Å². The van der Waals surface area contributed by atoms with Gasteiger partial charge in [0, 0.05) is 55.7 Å². The molecule has 8 heteroatoms. The van der Waals surface area contributed by atoms with Gasteiger partial charge in [0.1, 0.15) is 11.7 Å². The Balaban J connectivity index is 1.20. The SMILES string of the molecule is N=C(N)c1ccc(CCc2nc3cc(C(=O)N(CCN)CC4CCCCC4)ccc3n2CC2(c3ccccc3)CCN(Cc3ccccc3)CC2)cc1. The number of nitrogen functional groups attached to an aromatic ring is 1. The van der Waals surface area contributed by atoms with Crippen molar-refractivity contribution in [2.45, 2.75) is 76.3 Å². The predicted octanol–water partition coefficient (Wildman–Crippen LogP) is 7.32. The second kappa shape index (κ2) is 16.9. The van der Waals surface area contributed by atoms with Gasteiger partial charge in [-0.2, -0.15) is 0 Å². The van der Waals surface area contributed by atoms with Crippen LogP contribution in [-0.4, -0.2) is 63.8 Å². The topological polar surface area (TPSA) is 117 Å². The molecular formula is C45H55N7O. The lowest BCUT2D eigenvalue weighted by Crippen LogP contribution is -2.44. The zero-order valence-electron chi connectivity index (χ0n) is 31.1. The Labute approximate surface area is 314 Å². The average molecular weight is 710 g/mol. The molecule has 8 nitrogen and oxygen atoms in total. The molecule has 2 fully saturated rings. The molecule has 2 aliphatic rings. The van der Waals surface area contributed by atoms with Crippen molar-refractivity contribution in [2.75, 3.05) is 32.7 Å². The van der Waals surface area contributed by atoms with Crippen molar-refractivity contribution in [1.29, 1.82) is 5.41 Å². The number of fused-ring (bicyclic) bond motifs is 1. The summed E-state index contributed by atoms with van der Waals surface area (Å²) in [6.45, 7) is 5.62. The van der Waals surface area contributed by atoms with Crippen molar-refractivity contribution in [2.24, 2.45) is 17.4 Å². The second-order valence-electron chi connectivity index (χ2n) is 15.4. The van der Waals surface area contributed by atoms with E-state index in [9.17, 15) is 4.79 Å². The van der Waals surface area contributed by atoms with Crippen LogP contribution in [0, 0.1) is 11.3 Å². The van der Waals surface area contributed by atoms with Gasteiger partial charge in [-0.15, -0.1) is 0 Å². The van der Waals surface area contributed by atoms with E-state index in [1.54, 1.807) is 0 Å². The molecule has 0 unspecified atom stereocenters. The summed E-state index contributed by atoms with van der Waals surface area (Å²) in [5.74, 6) is 1.71. The maximum atomic E-state index is 14.1. The summed E-state index contributed by atoms with van der Waals surface area (Å²) in [5.41, 5.74) is 19.0. The zero-order valence-corrected chi connectivity index (χ0v) is 31.1. The number of amidine groups is 1. The summed E-state index contributed by atoms with van der Waals surface area (Å²) in [5, 5.41) is 7.80. The quantitative estimate of drug-likeness (QED) is 0.0826. The van der Waals surface area contributed by atoms with Gasteiger partial charge >= 0.3 is 0 Å². The van der Waals surface area contributed by atoms with Gasteiger partial charge in [-0.25, -0.2) is 4.98 Å². The summed E-state index contributed by atoms with van der Waals surface area (Å²) >= 11 is 0. The number of imidazole rings is 1. The van der Waals surface area contributed by atoms with Crippen LogP contribution < -0.4 is 11.5 Å². The summed E-state index contributed by atoms with van der Waals surface area (Å²) in [7, 11) is 0. The molecule has 1 saturated heterocycles. The number of rotatable bonds is 14. The Kier molecular flexibility index (Phi) is 11.7. The van der Waals surface area contributed by atoms with E-state index in [0.29, 0.717) is 24.6 Å². The molecule has 1 amide bonds. The minimum atomic E-state index is -0.0631. The fourth-order valence-corrected chi connectivity index (χ4v) is 8.70. The maximum absolute atomic E-state index is 14.1. The molecule has 1 aromatic heterocycles. The van der Waals surface area contributed by atoms with E-state index in [0.717, 1.165) is 80.8 Å². The number of nitrogens with two attached hydrogens (primary N) is 2. The number of nitrogens with zero attached hydrogens (tertiary/aromatic N) is 4. The third-order valence-corrected chi connectivity index (χ3v) is 11.8. The first kappa shape index (κ1) is 36.6. The highest BCUT2D eigenvalue weighted by Gasteiger charge is 2.37. The van der Waals surface area contributed by atoms with E-state index in [2.05, 4.69) is 88.3 Å². The minimum absolute atomic E-state index is 0.0520. The molecule has 1 saturated carbocycles. The number of hydrogen-bond acceptors (Lipinski definition) is 5. The van der Waals surface area contributed by atoms with Crippen molar-refractivity contribution >= 4 is 22.8 Å². The first-order chi connectivity index (χ1) is 25.9. The van der Waals surface area contributed by atoms with E-state index in [4.69, 9.17) is 21.9 Å². The minimum Gasteiger partial charge on any atom is -0.384 e. The zero-order chi connectivity index (χ0) is 36.6. The van der Waals surface area contributed by atoms with E-state index < -0.39 is 0 Å². The Morgan fingerprint density at radius 1 is 0.830 bits per heavy atom. The molecule has 0 bridgehead atoms. The van der Waals surface area contributed by atoms with Gasteiger partial charge < -0.3 is 20.9 Å². The van der Waals surface area contributed by atoms with Crippen LogP contribution in [0.3, 0.4) is 0 Å². The molecule has 276 valence electrons. The van der Waals surface area contributed by atoms with Crippen LogP contribution >= 0.6 is 0 Å². The van der Waals surface area contributed by atoms with E-state index in [1.807, 2.05) is 29.2 Å². The first-order valence-electron chi connectivity index (χ1n) is 19.6. The average Bonchev–Trinajstić information content (AvgIpc) is 3.54. The van der Waals surface area contributed by atoms with Gasteiger partial charge in [-0.1, -0.05) is 104 Å². The van der Waals surface area contributed by atoms with E-state index >= 15 is 0 Å². The van der Waals surface area contributed by atoms with Crippen molar-refractivity contribution in [3.8, 4) is 0 Å². The molecule has 0 atom stereocenters. The van der Waals surface area contributed by atoms with E-state index in [-0.39, 0.29) is 17.2 Å². The molecule has 0 spiro atoms.